The third-order valence-electron chi connectivity index (χ3n) is 6.30. The summed E-state index contributed by atoms with van der Waals surface area (Å²) in [7, 11) is 1.57. The molecule has 4 heterocycles. The molecular formula is C28H28N6O4. The fourth-order valence-corrected chi connectivity index (χ4v) is 4.25. The molecule has 1 amide bonds. The number of hydrogen-bond donors (Lipinski definition) is 2. The zero-order valence-corrected chi connectivity index (χ0v) is 21.0. The number of fused-ring (bicyclic) bond motifs is 1. The minimum atomic E-state index is -0.0694. The largest absolute Gasteiger partial charge is 0.493 e. The summed E-state index contributed by atoms with van der Waals surface area (Å²) in [6.45, 7) is 2.89. The van der Waals surface area contributed by atoms with E-state index in [1.54, 1.807) is 54.9 Å². The molecule has 1 aromatic carbocycles. The highest BCUT2D eigenvalue weighted by Gasteiger charge is 2.19. The first-order valence-electron chi connectivity index (χ1n) is 12.4. The highest BCUT2D eigenvalue weighted by atomic mass is 16.5. The van der Waals surface area contributed by atoms with Crippen LogP contribution in [0.3, 0.4) is 0 Å². The average Bonchev–Trinajstić information content (AvgIpc) is 3.38. The Balaban J connectivity index is 1.29. The van der Waals surface area contributed by atoms with Crippen molar-refractivity contribution in [3.05, 3.63) is 71.9 Å². The van der Waals surface area contributed by atoms with Gasteiger partial charge in [-0.3, -0.25) is 9.59 Å². The van der Waals surface area contributed by atoms with Crippen molar-refractivity contribution < 1.29 is 18.7 Å². The number of ether oxygens (including phenoxy) is 1. The lowest BCUT2D eigenvalue weighted by molar-refractivity contribution is -0.114. The monoisotopic (exact) mass is 512 g/mol. The molecule has 1 aliphatic heterocycles. The van der Waals surface area contributed by atoms with E-state index in [0.717, 1.165) is 29.6 Å². The third-order valence-corrected chi connectivity index (χ3v) is 6.30. The predicted molar refractivity (Wildman–Crippen MR) is 144 cm³/mol. The molecule has 0 saturated carbocycles. The summed E-state index contributed by atoms with van der Waals surface area (Å²) in [5.41, 5.74) is 8.18. The second-order valence-corrected chi connectivity index (χ2v) is 8.96. The van der Waals surface area contributed by atoms with Gasteiger partial charge in [-0.15, -0.1) is 0 Å². The predicted octanol–water partition coefficient (Wildman–Crippen LogP) is 3.14. The fraction of sp³-hybridized carbons (Fsp3) is 0.250. The van der Waals surface area contributed by atoms with Crippen molar-refractivity contribution >= 4 is 34.6 Å². The number of nitrogen functional groups attached to an aromatic ring is 1. The van der Waals surface area contributed by atoms with Crippen molar-refractivity contribution in [3.63, 3.8) is 0 Å². The maximum absolute atomic E-state index is 12.7. The molecule has 10 heteroatoms. The van der Waals surface area contributed by atoms with E-state index in [1.807, 2.05) is 12.1 Å². The Kier molecular flexibility index (Phi) is 7.41. The molecule has 5 rings (SSSR count). The Morgan fingerprint density at radius 2 is 1.89 bits per heavy atom. The molecule has 1 fully saturated rings. The first kappa shape index (κ1) is 25.1. The molecule has 0 aliphatic carbocycles. The van der Waals surface area contributed by atoms with Gasteiger partial charge >= 0.3 is 0 Å². The maximum atomic E-state index is 12.7. The van der Waals surface area contributed by atoms with Crippen LogP contribution in [0, 0.1) is 0 Å². The number of ketones is 1. The number of carbonyl (C=O) groups is 2. The number of aryl methyl sites for hydroxylation is 1. The van der Waals surface area contributed by atoms with Crippen LogP contribution < -0.4 is 15.8 Å². The minimum absolute atomic E-state index is 0.0289. The van der Waals surface area contributed by atoms with Crippen LogP contribution in [-0.2, 0) is 11.2 Å². The van der Waals surface area contributed by atoms with Gasteiger partial charge in [0.05, 0.1) is 12.7 Å². The number of furan rings is 1. The highest BCUT2D eigenvalue weighted by molar-refractivity contribution is 5.95. The number of nitrogens with two attached hydrogens (primary N) is 1. The van der Waals surface area contributed by atoms with Crippen LogP contribution >= 0.6 is 0 Å². The summed E-state index contributed by atoms with van der Waals surface area (Å²) in [6.07, 6.45) is 8.71. The van der Waals surface area contributed by atoms with Gasteiger partial charge in [0.25, 0.3) is 5.91 Å². The van der Waals surface area contributed by atoms with E-state index >= 15 is 0 Å². The van der Waals surface area contributed by atoms with Gasteiger partial charge in [0, 0.05) is 68.6 Å². The molecule has 3 N–H and O–H groups in total. The summed E-state index contributed by atoms with van der Waals surface area (Å²) in [4.78, 5) is 39.8. The van der Waals surface area contributed by atoms with Gasteiger partial charge in [-0.1, -0.05) is 0 Å². The van der Waals surface area contributed by atoms with Crippen molar-refractivity contribution in [2.75, 3.05) is 39.0 Å². The van der Waals surface area contributed by atoms with Gasteiger partial charge < -0.3 is 25.1 Å². The van der Waals surface area contributed by atoms with Crippen molar-refractivity contribution in [2.24, 2.45) is 0 Å². The smallest absolute Gasteiger partial charge is 0.257 e. The second-order valence-electron chi connectivity index (χ2n) is 8.96. The third kappa shape index (κ3) is 5.70. The van der Waals surface area contributed by atoms with Gasteiger partial charge in [0.1, 0.15) is 11.6 Å². The van der Waals surface area contributed by atoms with Crippen LogP contribution in [-0.4, -0.2) is 64.8 Å². The molecule has 1 saturated heterocycles. The SMILES string of the molecule is COc1cc(-c2ncc(C(=O)N3CCNCC3)cn2)cc2cc(CCC(=O)/C=C/c3ccc(N)nc3)oc12. The standard InChI is InChI=1S/C28H28N6O4/c1-37-24-14-20(27-32-16-21(17-33-27)28(36)34-10-8-30-9-11-34)12-19-13-23(38-26(19)24)6-5-22(35)4-2-18-3-7-25(29)31-15-18/h2-4,7,12-17,30H,5-6,8-11H2,1H3,(H2,29,31)/b4-2+. The Bertz CT molecular complexity index is 1470. The van der Waals surface area contributed by atoms with Crippen molar-refractivity contribution in [3.8, 4) is 17.1 Å². The van der Waals surface area contributed by atoms with Crippen LogP contribution in [0.5, 0.6) is 5.75 Å². The van der Waals surface area contributed by atoms with Crippen LogP contribution in [0.4, 0.5) is 5.82 Å². The number of piperazine rings is 1. The number of nitrogens with one attached hydrogen (secondary N) is 1. The molecule has 0 spiro atoms. The number of nitrogens with zero attached hydrogens (tertiary/aromatic N) is 4. The Labute approximate surface area is 219 Å². The molecule has 3 aromatic heterocycles. The van der Waals surface area contributed by atoms with Gasteiger partial charge in [0.15, 0.2) is 22.9 Å². The Morgan fingerprint density at radius 3 is 2.61 bits per heavy atom. The van der Waals surface area contributed by atoms with Gasteiger partial charge in [0.2, 0.25) is 0 Å². The number of anilines is 1. The Hall–Kier alpha value is -4.57. The van der Waals surface area contributed by atoms with Gasteiger partial charge in [-0.2, -0.15) is 0 Å². The molecular weight excluding hydrogens is 484 g/mol. The molecule has 0 bridgehead atoms. The van der Waals surface area contributed by atoms with E-state index in [9.17, 15) is 9.59 Å². The second kappa shape index (κ2) is 11.2. The van der Waals surface area contributed by atoms with Crippen LogP contribution in [0.15, 0.2) is 59.4 Å². The molecule has 4 aromatic rings. The molecule has 0 atom stereocenters. The lowest BCUT2D eigenvalue weighted by Crippen LogP contribution is -2.46. The summed E-state index contributed by atoms with van der Waals surface area (Å²) in [6, 6.07) is 9.10. The molecule has 0 unspecified atom stereocenters. The first-order valence-corrected chi connectivity index (χ1v) is 12.4. The average molecular weight is 513 g/mol. The zero-order valence-electron chi connectivity index (χ0n) is 21.0. The summed E-state index contributed by atoms with van der Waals surface area (Å²) >= 11 is 0. The number of allylic oxidation sites excluding steroid dienone is 1. The van der Waals surface area contributed by atoms with Crippen LogP contribution in [0.25, 0.3) is 28.4 Å². The maximum Gasteiger partial charge on any atom is 0.257 e. The number of amides is 1. The minimum Gasteiger partial charge on any atom is -0.493 e. The molecule has 194 valence electrons. The molecule has 10 nitrogen and oxygen atoms in total. The summed E-state index contributed by atoms with van der Waals surface area (Å²) in [5.74, 6) is 2.02. The lowest BCUT2D eigenvalue weighted by Gasteiger charge is -2.27. The van der Waals surface area contributed by atoms with E-state index in [4.69, 9.17) is 14.9 Å². The molecule has 0 radical (unpaired) electrons. The number of carbonyl (C=O) groups excluding carboxylic acids is 2. The van der Waals surface area contributed by atoms with Crippen molar-refractivity contribution in [1.82, 2.24) is 25.2 Å². The van der Waals surface area contributed by atoms with E-state index in [-0.39, 0.29) is 11.7 Å². The van der Waals surface area contributed by atoms with Crippen LogP contribution in [0.1, 0.15) is 28.1 Å². The topological polar surface area (TPSA) is 136 Å². The fourth-order valence-electron chi connectivity index (χ4n) is 4.25. The molecule has 38 heavy (non-hydrogen) atoms. The number of pyridine rings is 1. The number of aromatic nitrogens is 3. The summed E-state index contributed by atoms with van der Waals surface area (Å²) in [5, 5.41) is 4.05. The normalized spacial score (nSPS) is 13.8. The number of hydrogen-bond acceptors (Lipinski definition) is 9. The van der Waals surface area contributed by atoms with E-state index < -0.39 is 0 Å². The zero-order chi connectivity index (χ0) is 26.5. The highest BCUT2D eigenvalue weighted by Crippen LogP contribution is 2.34. The Morgan fingerprint density at radius 1 is 1.11 bits per heavy atom. The van der Waals surface area contributed by atoms with Gasteiger partial charge in [-0.05, 0) is 48.0 Å². The van der Waals surface area contributed by atoms with Gasteiger partial charge in [-0.25, -0.2) is 15.0 Å². The first-order chi connectivity index (χ1) is 18.5. The van der Waals surface area contributed by atoms with Crippen LogP contribution in [0.2, 0.25) is 0 Å². The number of rotatable bonds is 8. The number of benzene rings is 1. The van der Waals surface area contributed by atoms with Crippen molar-refractivity contribution in [1.29, 1.82) is 0 Å². The van der Waals surface area contributed by atoms with E-state index in [0.29, 0.717) is 60.2 Å². The van der Waals surface area contributed by atoms with Crippen molar-refractivity contribution in [2.45, 2.75) is 12.8 Å². The number of methoxy groups -OCH3 is 1. The molecule has 1 aliphatic rings. The lowest BCUT2D eigenvalue weighted by atomic mass is 10.1. The summed E-state index contributed by atoms with van der Waals surface area (Å²) < 4.78 is 11.6. The quantitative estimate of drug-likeness (QED) is 0.341. The van der Waals surface area contributed by atoms with E-state index in [2.05, 4.69) is 20.3 Å². The van der Waals surface area contributed by atoms with E-state index in [1.165, 1.54) is 6.08 Å².